The van der Waals surface area contributed by atoms with Crippen LogP contribution in [0.5, 0.6) is 0 Å². The van der Waals surface area contributed by atoms with E-state index in [1.54, 1.807) is 18.3 Å². The van der Waals surface area contributed by atoms with Gasteiger partial charge in [0.25, 0.3) is 0 Å². The molecule has 3 heterocycles. The molecule has 1 aliphatic carbocycles. The standard InChI is InChI=1S/C24H25FN6.C2H6/c1-3-14-6-7-17(25)9-18(14)16-8-19(26)23(28-10-16)22(27)24-29-20-11-31(12-21(20)30-24)13(2)15-4-5-15;1-2/h6-10,15,27H,2-5,11-12,26H2,1H3,(H,29,30);1-2H3. The van der Waals surface area contributed by atoms with Crippen LogP contribution in [0.25, 0.3) is 11.1 Å². The summed E-state index contributed by atoms with van der Waals surface area (Å²) in [6.07, 6.45) is 4.87. The summed E-state index contributed by atoms with van der Waals surface area (Å²) in [7, 11) is 0. The summed E-state index contributed by atoms with van der Waals surface area (Å²) in [4.78, 5) is 14.6. The molecule has 0 saturated heterocycles. The van der Waals surface area contributed by atoms with Gasteiger partial charge in [-0.3, -0.25) is 10.4 Å². The van der Waals surface area contributed by atoms with E-state index < -0.39 is 0 Å². The number of imidazole rings is 1. The van der Waals surface area contributed by atoms with Crippen LogP contribution in [0.4, 0.5) is 10.1 Å². The maximum atomic E-state index is 13.8. The Hall–Kier alpha value is -3.48. The summed E-state index contributed by atoms with van der Waals surface area (Å²) >= 11 is 0. The summed E-state index contributed by atoms with van der Waals surface area (Å²) < 4.78 is 13.8. The van der Waals surface area contributed by atoms with E-state index in [0.29, 0.717) is 23.1 Å². The van der Waals surface area contributed by atoms with Gasteiger partial charge in [-0.2, -0.15) is 0 Å². The van der Waals surface area contributed by atoms with E-state index in [-0.39, 0.29) is 11.5 Å². The molecule has 33 heavy (non-hydrogen) atoms. The van der Waals surface area contributed by atoms with Crippen molar-refractivity contribution in [2.24, 2.45) is 5.92 Å². The number of pyridine rings is 1. The Morgan fingerprint density at radius 3 is 2.67 bits per heavy atom. The van der Waals surface area contributed by atoms with Crippen LogP contribution in [0.1, 0.15) is 62.1 Å². The molecule has 1 fully saturated rings. The van der Waals surface area contributed by atoms with Crippen LogP contribution in [-0.2, 0) is 19.5 Å². The van der Waals surface area contributed by atoms with Gasteiger partial charge in [0.1, 0.15) is 17.2 Å². The summed E-state index contributed by atoms with van der Waals surface area (Å²) in [6, 6.07) is 6.49. The van der Waals surface area contributed by atoms with Gasteiger partial charge >= 0.3 is 0 Å². The zero-order valence-electron chi connectivity index (χ0n) is 19.5. The number of aromatic nitrogens is 3. The Kier molecular flexibility index (Phi) is 6.31. The first-order valence-electron chi connectivity index (χ1n) is 11.6. The van der Waals surface area contributed by atoms with Crippen molar-refractivity contribution in [2.75, 3.05) is 5.73 Å². The number of hydrogen-bond donors (Lipinski definition) is 3. The number of anilines is 1. The lowest BCUT2D eigenvalue weighted by Crippen LogP contribution is -2.18. The van der Waals surface area contributed by atoms with Crippen molar-refractivity contribution in [2.45, 2.75) is 53.1 Å². The SMILES string of the molecule is C=C(C1CC1)N1Cc2nc(C(=N)c3ncc(-c4cc(F)ccc4CC)cc3N)[nH]c2C1.CC. The molecule has 0 bridgehead atoms. The molecule has 0 unspecified atom stereocenters. The molecule has 0 radical (unpaired) electrons. The van der Waals surface area contributed by atoms with Crippen LogP contribution in [0.3, 0.4) is 0 Å². The van der Waals surface area contributed by atoms with Crippen molar-refractivity contribution in [3.05, 3.63) is 77.0 Å². The van der Waals surface area contributed by atoms with Crippen molar-refractivity contribution in [1.29, 1.82) is 5.41 Å². The van der Waals surface area contributed by atoms with Gasteiger partial charge in [-0.25, -0.2) is 9.37 Å². The van der Waals surface area contributed by atoms with Crippen molar-refractivity contribution in [3.8, 4) is 11.1 Å². The van der Waals surface area contributed by atoms with Crippen LogP contribution in [0.15, 0.2) is 42.7 Å². The van der Waals surface area contributed by atoms with Crippen molar-refractivity contribution in [1.82, 2.24) is 19.9 Å². The number of allylic oxidation sites excluding steroid dienone is 1. The maximum absolute atomic E-state index is 13.8. The fraction of sp³-hybridized carbons (Fsp3) is 0.346. The van der Waals surface area contributed by atoms with E-state index in [9.17, 15) is 4.39 Å². The number of nitrogens with two attached hydrogens (primary N) is 1. The predicted molar refractivity (Wildman–Crippen MR) is 130 cm³/mol. The molecule has 1 saturated carbocycles. The molecule has 172 valence electrons. The first-order chi connectivity index (χ1) is 15.9. The second-order valence-electron chi connectivity index (χ2n) is 8.32. The molecular weight excluding hydrogens is 415 g/mol. The zero-order valence-corrected chi connectivity index (χ0v) is 19.5. The lowest BCUT2D eigenvalue weighted by Gasteiger charge is -2.20. The molecule has 7 heteroatoms. The largest absolute Gasteiger partial charge is 0.397 e. The number of halogens is 1. The molecule has 0 spiro atoms. The lowest BCUT2D eigenvalue weighted by atomic mass is 9.98. The lowest BCUT2D eigenvalue weighted by molar-refractivity contribution is 0.339. The highest BCUT2D eigenvalue weighted by atomic mass is 19.1. The molecule has 1 aliphatic heterocycles. The van der Waals surface area contributed by atoms with Gasteiger partial charge in [-0.05, 0) is 54.5 Å². The maximum Gasteiger partial charge on any atom is 0.158 e. The number of nitrogens with zero attached hydrogens (tertiary/aromatic N) is 3. The number of aromatic amines is 1. The number of H-pyrrole nitrogens is 1. The molecule has 5 rings (SSSR count). The monoisotopic (exact) mass is 446 g/mol. The van der Waals surface area contributed by atoms with Crippen LogP contribution in [0.2, 0.25) is 0 Å². The smallest absolute Gasteiger partial charge is 0.158 e. The molecule has 2 aromatic heterocycles. The van der Waals surface area contributed by atoms with E-state index in [1.807, 2.05) is 20.8 Å². The summed E-state index contributed by atoms with van der Waals surface area (Å²) in [5, 5.41) is 8.59. The molecule has 1 aromatic carbocycles. The molecule has 6 nitrogen and oxygen atoms in total. The van der Waals surface area contributed by atoms with Gasteiger partial charge < -0.3 is 15.6 Å². The van der Waals surface area contributed by atoms with Crippen LogP contribution < -0.4 is 5.73 Å². The minimum Gasteiger partial charge on any atom is -0.397 e. The van der Waals surface area contributed by atoms with Crippen molar-refractivity contribution >= 4 is 11.4 Å². The Balaban J connectivity index is 0.00000126. The highest BCUT2D eigenvalue weighted by Gasteiger charge is 2.33. The number of nitrogen functional groups attached to an aromatic ring is 1. The molecular formula is C26H31FN6. The van der Waals surface area contributed by atoms with Crippen molar-refractivity contribution < 1.29 is 4.39 Å². The predicted octanol–water partition coefficient (Wildman–Crippen LogP) is 5.44. The normalized spacial score (nSPS) is 14.5. The zero-order chi connectivity index (χ0) is 23.7. The van der Waals surface area contributed by atoms with Gasteiger partial charge in [0.15, 0.2) is 5.82 Å². The highest BCUT2D eigenvalue weighted by Crippen LogP contribution is 2.40. The number of benzene rings is 1. The highest BCUT2D eigenvalue weighted by molar-refractivity contribution is 6.10. The van der Waals surface area contributed by atoms with Crippen LogP contribution in [-0.4, -0.2) is 25.6 Å². The Labute approximate surface area is 194 Å². The number of fused-ring (bicyclic) bond motifs is 1. The number of aryl methyl sites for hydroxylation is 1. The van der Waals surface area contributed by atoms with E-state index in [4.69, 9.17) is 11.1 Å². The summed E-state index contributed by atoms with van der Waals surface area (Å²) in [6.45, 7) is 11.7. The molecule has 4 N–H and O–H groups in total. The Morgan fingerprint density at radius 1 is 1.27 bits per heavy atom. The minimum atomic E-state index is -0.300. The van der Waals surface area contributed by atoms with Gasteiger partial charge in [-0.1, -0.05) is 33.4 Å². The van der Waals surface area contributed by atoms with E-state index in [0.717, 1.165) is 47.6 Å². The number of hydrogen-bond acceptors (Lipinski definition) is 5. The van der Waals surface area contributed by atoms with Gasteiger partial charge in [0, 0.05) is 17.5 Å². The summed E-state index contributed by atoms with van der Waals surface area (Å²) in [5.74, 6) is 0.787. The quantitative estimate of drug-likeness (QED) is 0.440. The van der Waals surface area contributed by atoms with Gasteiger partial charge in [0.2, 0.25) is 0 Å². The molecule has 2 aliphatic rings. The fourth-order valence-corrected chi connectivity index (χ4v) is 4.21. The third-order valence-corrected chi connectivity index (χ3v) is 6.16. The molecule has 0 amide bonds. The molecule has 0 atom stereocenters. The second kappa shape index (κ2) is 9.17. The van der Waals surface area contributed by atoms with Crippen LogP contribution >= 0.6 is 0 Å². The van der Waals surface area contributed by atoms with E-state index in [2.05, 4.69) is 26.4 Å². The topological polar surface area (TPSA) is 94.7 Å². The van der Waals surface area contributed by atoms with Crippen molar-refractivity contribution in [3.63, 3.8) is 0 Å². The van der Waals surface area contributed by atoms with Gasteiger partial charge in [0.05, 0.1) is 30.2 Å². The van der Waals surface area contributed by atoms with Gasteiger partial charge in [-0.15, -0.1) is 0 Å². The fourth-order valence-electron chi connectivity index (χ4n) is 4.21. The van der Waals surface area contributed by atoms with E-state index >= 15 is 0 Å². The third-order valence-electron chi connectivity index (χ3n) is 6.16. The van der Waals surface area contributed by atoms with E-state index in [1.165, 1.54) is 30.7 Å². The Morgan fingerprint density at radius 2 is 2.03 bits per heavy atom. The first kappa shape index (κ1) is 22.7. The average molecular weight is 447 g/mol. The van der Waals surface area contributed by atoms with Crippen LogP contribution in [0, 0.1) is 17.1 Å². The average Bonchev–Trinajstić information content (AvgIpc) is 3.48. The first-order valence-corrected chi connectivity index (χ1v) is 11.6. The minimum absolute atomic E-state index is 0.154. The summed E-state index contributed by atoms with van der Waals surface area (Å²) in [5.41, 5.74) is 12.8. The second-order valence-corrected chi connectivity index (χ2v) is 8.32. The Bertz CT molecular complexity index is 1180. The number of nitrogens with one attached hydrogen (secondary N) is 2. The molecule has 3 aromatic rings. The third kappa shape index (κ3) is 4.40. The number of rotatable bonds is 6.